The SMILES string of the molecule is CC.CC.CCCCC(=O)NCCN.NC(=O)N[C@@H]1CCSC1. The molecular weight excluding hydrogens is 312 g/mol. The minimum atomic E-state index is -0.400. The molecule has 1 rings (SSSR count). The Labute approximate surface area is 146 Å². The molecule has 0 aromatic rings. The van der Waals surface area contributed by atoms with Gasteiger partial charge >= 0.3 is 6.03 Å². The van der Waals surface area contributed by atoms with E-state index in [0.717, 1.165) is 30.8 Å². The summed E-state index contributed by atoms with van der Waals surface area (Å²) in [5.41, 5.74) is 10.1. The highest BCUT2D eigenvalue weighted by molar-refractivity contribution is 7.99. The van der Waals surface area contributed by atoms with Crippen molar-refractivity contribution in [1.82, 2.24) is 10.6 Å². The van der Waals surface area contributed by atoms with Crippen LogP contribution >= 0.6 is 11.8 Å². The van der Waals surface area contributed by atoms with Crippen molar-refractivity contribution in [1.29, 1.82) is 0 Å². The van der Waals surface area contributed by atoms with Crippen LogP contribution < -0.4 is 22.1 Å². The molecule has 1 aliphatic heterocycles. The summed E-state index contributed by atoms with van der Waals surface area (Å²) in [5, 5.41) is 5.36. The van der Waals surface area contributed by atoms with Gasteiger partial charge in [0.05, 0.1) is 0 Å². The Bertz CT molecular complexity index is 250. The van der Waals surface area contributed by atoms with Gasteiger partial charge in [-0.3, -0.25) is 4.79 Å². The van der Waals surface area contributed by atoms with Crippen molar-refractivity contribution in [2.24, 2.45) is 11.5 Å². The predicted molar refractivity (Wildman–Crippen MR) is 103 cm³/mol. The smallest absolute Gasteiger partial charge is 0.312 e. The molecule has 0 aromatic heterocycles. The molecule has 23 heavy (non-hydrogen) atoms. The molecule has 1 fully saturated rings. The maximum Gasteiger partial charge on any atom is 0.312 e. The molecule has 0 unspecified atom stereocenters. The predicted octanol–water partition coefficient (Wildman–Crippen LogP) is 2.46. The van der Waals surface area contributed by atoms with Crippen molar-refractivity contribution in [3.05, 3.63) is 0 Å². The van der Waals surface area contributed by atoms with Gasteiger partial charge in [0.2, 0.25) is 5.91 Å². The maximum absolute atomic E-state index is 10.8. The fourth-order valence-corrected chi connectivity index (χ4v) is 2.64. The molecule has 6 N–H and O–H groups in total. The van der Waals surface area contributed by atoms with Crippen LogP contribution in [-0.2, 0) is 4.79 Å². The molecule has 140 valence electrons. The average molecular weight is 351 g/mol. The summed E-state index contributed by atoms with van der Waals surface area (Å²) in [5.74, 6) is 2.28. The zero-order valence-corrected chi connectivity index (χ0v) is 16.4. The van der Waals surface area contributed by atoms with Crippen LogP contribution in [0.1, 0.15) is 60.3 Å². The normalized spacial score (nSPS) is 14.8. The lowest BCUT2D eigenvalue weighted by molar-refractivity contribution is -0.121. The maximum atomic E-state index is 10.8. The third kappa shape index (κ3) is 23.4. The van der Waals surface area contributed by atoms with Crippen LogP contribution in [0.3, 0.4) is 0 Å². The largest absolute Gasteiger partial charge is 0.355 e. The van der Waals surface area contributed by atoms with Crippen molar-refractivity contribution in [2.75, 3.05) is 24.6 Å². The molecule has 0 aliphatic carbocycles. The molecule has 0 saturated carbocycles. The second-order valence-corrected chi connectivity index (χ2v) is 5.46. The summed E-state index contributed by atoms with van der Waals surface area (Å²) in [7, 11) is 0. The van der Waals surface area contributed by atoms with Gasteiger partial charge in [-0.1, -0.05) is 41.0 Å². The first kappa shape index (κ1) is 26.9. The molecule has 1 saturated heterocycles. The van der Waals surface area contributed by atoms with Gasteiger partial charge in [-0.15, -0.1) is 0 Å². The van der Waals surface area contributed by atoms with E-state index in [9.17, 15) is 9.59 Å². The average Bonchev–Trinajstić information content (AvgIpc) is 3.07. The number of nitrogens with two attached hydrogens (primary N) is 2. The van der Waals surface area contributed by atoms with Crippen LogP contribution in [-0.4, -0.2) is 42.6 Å². The van der Waals surface area contributed by atoms with E-state index in [1.807, 2.05) is 39.5 Å². The Morgan fingerprint density at radius 2 is 1.83 bits per heavy atom. The van der Waals surface area contributed by atoms with Crippen LogP contribution in [0, 0.1) is 0 Å². The molecule has 7 heteroatoms. The fourth-order valence-electron chi connectivity index (χ4n) is 1.49. The van der Waals surface area contributed by atoms with Crippen molar-refractivity contribution in [2.45, 2.75) is 66.3 Å². The minimum Gasteiger partial charge on any atom is -0.355 e. The number of rotatable bonds is 6. The van der Waals surface area contributed by atoms with E-state index in [4.69, 9.17) is 11.5 Å². The van der Waals surface area contributed by atoms with Gasteiger partial charge in [-0.25, -0.2) is 4.79 Å². The monoisotopic (exact) mass is 350 g/mol. The lowest BCUT2D eigenvalue weighted by atomic mass is 10.2. The molecule has 3 amide bonds. The number of urea groups is 1. The fraction of sp³-hybridized carbons (Fsp3) is 0.875. The lowest BCUT2D eigenvalue weighted by Gasteiger charge is -2.06. The minimum absolute atomic E-state index is 0.118. The van der Waals surface area contributed by atoms with Crippen LogP contribution in [0.5, 0.6) is 0 Å². The highest BCUT2D eigenvalue weighted by Gasteiger charge is 2.15. The van der Waals surface area contributed by atoms with E-state index >= 15 is 0 Å². The molecular formula is C16H38N4O2S. The Morgan fingerprint density at radius 1 is 1.22 bits per heavy atom. The van der Waals surface area contributed by atoms with Crippen LogP contribution in [0.2, 0.25) is 0 Å². The first-order valence-corrected chi connectivity index (χ1v) is 9.86. The Kier molecular flexibility index (Phi) is 27.3. The van der Waals surface area contributed by atoms with E-state index in [1.54, 1.807) is 0 Å². The third-order valence-electron chi connectivity index (χ3n) is 2.50. The van der Waals surface area contributed by atoms with Gasteiger partial charge in [-0.05, 0) is 18.6 Å². The van der Waals surface area contributed by atoms with Gasteiger partial charge in [0.1, 0.15) is 0 Å². The summed E-state index contributed by atoms with van der Waals surface area (Å²) < 4.78 is 0. The molecule has 0 spiro atoms. The summed E-state index contributed by atoms with van der Waals surface area (Å²) in [6.07, 6.45) is 3.73. The van der Waals surface area contributed by atoms with E-state index in [-0.39, 0.29) is 5.91 Å². The third-order valence-corrected chi connectivity index (χ3v) is 3.66. The Morgan fingerprint density at radius 3 is 2.22 bits per heavy atom. The van der Waals surface area contributed by atoms with Gasteiger partial charge in [0, 0.05) is 31.3 Å². The van der Waals surface area contributed by atoms with E-state index in [0.29, 0.717) is 25.6 Å². The number of carbonyl (C=O) groups is 2. The highest BCUT2D eigenvalue weighted by atomic mass is 32.2. The number of nitrogens with one attached hydrogen (secondary N) is 2. The number of amides is 3. The Hall–Kier alpha value is -0.950. The summed E-state index contributed by atoms with van der Waals surface area (Å²) in [6, 6.07) is -0.0741. The van der Waals surface area contributed by atoms with Gasteiger partial charge in [0.15, 0.2) is 0 Å². The zero-order chi connectivity index (χ0) is 18.5. The molecule has 1 aliphatic rings. The van der Waals surface area contributed by atoms with E-state index in [2.05, 4.69) is 17.6 Å². The second-order valence-electron chi connectivity index (χ2n) is 4.31. The topological polar surface area (TPSA) is 110 Å². The molecule has 6 nitrogen and oxygen atoms in total. The number of hydrogen-bond donors (Lipinski definition) is 4. The van der Waals surface area contributed by atoms with Crippen molar-refractivity contribution < 1.29 is 9.59 Å². The molecule has 0 radical (unpaired) electrons. The quantitative estimate of drug-likeness (QED) is 0.589. The van der Waals surface area contributed by atoms with E-state index in [1.165, 1.54) is 0 Å². The number of thioether (sulfide) groups is 1. The molecule has 1 atom stereocenters. The Balaban J connectivity index is -0.000000286. The standard InChI is InChI=1S/C7H16N2O.C5H10N2OS.2C2H6/c1-2-3-4-7(10)9-6-5-8;6-5(8)7-4-1-2-9-3-4;2*1-2/h2-6,8H2,1H3,(H,9,10);4H,1-3H2,(H3,6,7,8);2*1-2H3/t;4-;;/m.1../s1. The van der Waals surface area contributed by atoms with Crippen molar-refractivity contribution in [3.8, 4) is 0 Å². The van der Waals surface area contributed by atoms with Gasteiger partial charge in [-0.2, -0.15) is 11.8 Å². The van der Waals surface area contributed by atoms with E-state index < -0.39 is 6.03 Å². The first-order chi connectivity index (χ1) is 11.1. The first-order valence-electron chi connectivity index (χ1n) is 8.70. The second kappa shape index (κ2) is 23.3. The van der Waals surface area contributed by atoms with Gasteiger partial charge in [0.25, 0.3) is 0 Å². The molecule has 0 bridgehead atoms. The number of primary amides is 1. The molecule has 0 aromatic carbocycles. The summed E-state index contributed by atoms with van der Waals surface area (Å²) in [6.45, 7) is 11.2. The van der Waals surface area contributed by atoms with Gasteiger partial charge < -0.3 is 22.1 Å². The summed E-state index contributed by atoms with van der Waals surface area (Å²) in [4.78, 5) is 21.1. The number of carbonyl (C=O) groups excluding carboxylic acids is 2. The highest BCUT2D eigenvalue weighted by Crippen LogP contribution is 2.16. The number of hydrogen-bond acceptors (Lipinski definition) is 4. The number of unbranched alkanes of at least 4 members (excludes halogenated alkanes) is 1. The van der Waals surface area contributed by atoms with Crippen LogP contribution in [0.25, 0.3) is 0 Å². The van der Waals surface area contributed by atoms with Crippen molar-refractivity contribution in [3.63, 3.8) is 0 Å². The summed E-state index contributed by atoms with van der Waals surface area (Å²) >= 11 is 1.85. The van der Waals surface area contributed by atoms with Crippen molar-refractivity contribution >= 4 is 23.7 Å². The van der Waals surface area contributed by atoms with Crippen LogP contribution in [0.15, 0.2) is 0 Å². The zero-order valence-electron chi connectivity index (χ0n) is 15.6. The lowest BCUT2D eigenvalue weighted by Crippen LogP contribution is -2.38. The molecule has 1 heterocycles. The van der Waals surface area contributed by atoms with Crippen LogP contribution in [0.4, 0.5) is 4.79 Å².